The largest absolute Gasteiger partial charge is 0.244 e. The molecule has 0 aromatic carbocycles. The van der Waals surface area contributed by atoms with Crippen molar-refractivity contribution in [2.45, 2.75) is 30.7 Å². The quantitative estimate of drug-likeness (QED) is 0.753. The molecule has 0 saturated heterocycles. The molecule has 0 saturated carbocycles. The summed E-state index contributed by atoms with van der Waals surface area (Å²) < 4.78 is 26.6. The number of hydrogen-bond acceptors (Lipinski definition) is 4. The first-order valence-corrected chi connectivity index (χ1v) is 9.71. The summed E-state index contributed by atoms with van der Waals surface area (Å²) in [4.78, 5) is 1.11. The molecule has 0 N–H and O–H groups in total. The van der Waals surface area contributed by atoms with Gasteiger partial charge in [0.1, 0.15) is 4.90 Å². The van der Waals surface area contributed by atoms with E-state index < -0.39 is 10.0 Å². The van der Waals surface area contributed by atoms with Crippen LogP contribution in [0.25, 0.3) is 0 Å². The molecule has 1 unspecified atom stereocenters. The highest BCUT2D eigenvalue weighted by Gasteiger charge is 2.29. The molecule has 0 amide bonds. The molecular formula is C11H18ClNO2S3. The van der Waals surface area contributed by atoms with Gasteiger partial charge in [0.05, 0.1) is 5.88 Å². The van der Waals surface area contributed by atoms with Crippen LogP contribution in [0.4, 0.5) is 0 Å². The van der Waals surface area contributed by atoms with E-state index in [0.29, 0.717) is 4.90 Å². The van der Waals surface area contributed by atoms with Gasteiger partial charge in [0, 0.05) is 23.7 Å². The van der Waals surface area contributed by atoms with Gasteiger partial charge in [-0.25, -0.2) is 8.42 Å². The molecular weight excluding hydrogens is 310 g/mol. The first-order valence-electron chi connectivity index (χ1n) is 5.46. The molecule has 1 atom stereocenters. The Hall–Kier alpha value is 0.250. The van der Waals surface area contributed by atoms with Crippen LogP contribution in [0.1, 0.15) is 17.4 Å². The Morgan fingerprint density at radius 1 is 1.56 bits per heavy atom. The van der Waals surface area contributed by atoms with E-state index in [4.69, 9.17) is 11.6 Å². The molecule has 3 nitrogen and oxygen atoms in total. The summed E-state index contributed by atoms with van der Waals surface area (Å²) in [6, 6.07) is -0.0347. The van der Waals surface area contributed by atoms with E-state index in [-0.39, 0.29) is 11.9 Å². The number of halogens is 1. The molecule has 1 aromatic rings. The molecule has 1 aromatic heterocycles. The van der Waals surface area contributed by atoms with Crippen molar-refractivity contribution in [3.05, 3.63) is 15.8 Å². The average molecular weight is 328 g/mol. The zero-order valence-corrected chi connectivity index (χ0v) is 14.1. The highest BCUT2D eigenvalue weighted by atomic mass is 35.5. The number of nitrogens with zero attached hydrogens (tertiary/aromatic N) is 1. The fourth-order valence-electron chi connectivity index (χ4n) is 1.65. The van der Waals surface area contributed by atoms with Gasteiger partial charge in [-0.05, 0) is 31.0 Å². The zero-order chi connectivity index (χ0) is 13.9. The Morgan fingerprint density at radius 3 is 2.67 bits per heavy atom. The smallest absolute Gasteiger partial charge is 0.207 e. The summed E-state index contributed by atoms with van der Waals surface area (Å²) in [7, 11) is -1.81. The van der Waals surface area contributed by atoms with Gasteiger partial charge < -0.3 is 0 Å². The van der Waals surface area contributed by atoms with Crippen molar-refractivity contribution in [2.24, 2.45) is 0 Å². The van der Waals surface area contributed by atoms with Crippen molar-refractivity contribution in [3.8, 4) is 0 Å². The van der Waals surface area contributed by atoms with E-state index in [9.17, 15) is 8.42 Å². The average Bonchev–Trinajstić information content (AvgIpc) is 2.70. The molecule has 0 fully saturated rings. The molecule has 0 radical (unpaired) electrons. The highest BCUT2D eigenvalue weighted by molar-refractivity contribution is 7.98. The van der Waals surface area contributed by atoms with Gasteiger partial charge >= 0.3 is 0 Å². The van der Waals surface area contributed by atoms with Crippen LogP contribution < -0.4 is 0 Å². The van der Waals surface area contributed by atoms with E-state index in [0.717, 1.165) is 16.2 Å². The normalized spacial score (nSPS) is 14.1. The second-order valence-electron chi connectivity index (χ2n) is 4.13. The molecule has 1 rings (SSSR count). The highest BCUT2D eigenvalue weighted by Crippen LogP contribution is 2.31. The van der Waals surface area contributed by atoms with E-state index in [1.807, 2.05) is 25.5 Å². The van der Waals surface area contributed by atoms with Crippen LogP contribution in [-0.4, -0.2) is 37.8 Å². The van der Waals surface area contributed by atoms with Crippen molar-refractivity contribution in [3.63, 3.8) is 0 Å². The Morgan fingerprint density at radius 2 is 2.17 bits per heavy atom. The Labute approximate surface area is 123 Å². The molecule has 1 heterocycles. The fourth-order valence-corrected chi connectivity index (χ4v) is 5.82. The molecule has 0 aliphatic rings. The lowest BCUT2D eigenvalue weighted by Gasteiger charge is -2.24. The van der Waals surface area contributed by atoms with Gasteiger partial charge in [0.2, 0.25) is 10.0 Å². The van der Waals surface area contributed by atoms with Crippen LogP contribution in [0.2, 0.25) is 0 Å². The lowest BCUT2D eigenvalue weighted by atomic mass is 10.3. The van der Waals surface area contributed by atoms with Gasteiger partial charge in [-0.1, -0.05) is 0 Å². The lowest BCUT2D eigenvalue weighted by Crippen LogP contribution is -2.37. The molecule has 0 spiro atoms. The van der Waals surface area contributed by atoms with Crippen molar-refractivity contribution in [1.29, 1.82) is 0 Å². The third-order valence-corrected chi connectivity index (χ3v) is 7.45. The molecule has 0 aliphatic heterocycles. The summed E-state index contributed by atoms with van der Waals surface area (Å²) in [5.41, 5.74) is 0.777. The number of thiophene rings is 1. The second-order valence-corrected chi connectivity index (χ2v) is 8.21. The van der Waals surface area contributed by atoms with Crippen LogP contribution in [0.3, 0.4) is 0 Å². The third kappa shape index (κ3) is 3.22. The number of thioether (sulfide) groups is 1. The van der Waals surface area contributed by atoms with Crippen LogP contribution in [-0.2, 0) is 15.9 Å². The first-order chi connectivity index (χ1) is 8.36. The van der Waals surface area contributed by atoms with Gasteiger partial charge in [-0.15, -0.1) is 22.9 Å². The molecule has 0 aliphatic carbocycles. The minimum absolute atomic E-state index is 0.0347. The summed E-state index contributed by atoms with van der Waals surface area (Å²) >= 11 is 8.86. The van der Waals surface area contributed by atoms with E-state index in [1.165, 1.54) is 15.6 Å². The Balaban J connectivity index is 3.17. The first kappa shape index (κ1) is 16.3. The maximum Gasteiger partial charge on any atom is 0.244 e. The van der Waals surface area contributed by atoms with E-state index in [2.05, 4.69) is 0 Å². The summed E-state index contributed by atoms with van der Waals surface area (Å²) in [6.45, 7) is 3.72. The second kappa shape index (κ2) is 6.61. The lowest BCUT2D eigenvalue weighted by molar-refractivity contribution is 0.414. The van der Waals surface area contributed by atoms with Crippen molar-refractivity contribution in [1.82, 2.24) is 4.31 Å². The maximum absolute atomic E-state index is 12.6. The van der Waals surface area contributed by atoms with Crippen molar-refractivity contribution in [2.75, 3.05) is 19.1 Å². The predicted molar refractivity (Wildman–Crippen MR) is 81.4 cm³/mol. The summed E-state index contributed by atoms with van der Waals surface area (Å²) in [5.74, 6) is 1.01. The van der Waals surface area contributed by atoms with Gasteiger partial charge in [-0.3, -0.25) is 0 Å². The van der Waals surface area contributed by atoms with Crippen LogP contribution in [0, 0.1) is 6.92 Å². The number of rotatable bonds is 6. The van der Waals surface area contributed by atoms with Gasteiger partial charge in [0.25, 0.3) is 0 Å². The number of sulfonamides is 1. The van der Waals surface area contributed by atoms with Crippen LogP contribution in [0.5, 0.6) is 0 Å². The molecule has 104 valence electrons. The SMILES string of the molecule is CSCC(C)N(C)S(=O)(=O)c1c(C)csc1CCl. The number of hydrogen-bond donors (Lipinski definition) is 0. The monoisotopic (exact) mass is 327 g/mol. The van der Waals surface area contributed by atoms with Crippen LogP contribution >= 0.6 is 34.7 Å². The predicted octanol–water partition coefficient (Wildman–Crippen LogP) is 3.17. The fraction of sp³-hybridized carbons (Fsp3) is 0.636. The number of aryl methyl sites for hydroxylation is 1. The number of alkyl halides is 1. The van der Waals surface area contributed by atoms with Crippen molar-refractivity contribution < 1.29 is 8.42 Å². The summed E-state index contributed by atoms with van der Waals surface area (Å²) in [5, 5.41) is 1.84. The molecule has 7 heteroatoms. The standard InChI is InChI=1S/C11H18ClNO2S3/c1-8-6-17-10(5-12)11(8)18(14,15)13(3)9(2)7-16-4/h6,9H,5,7H2,1-4H3. The van der Waals surface area contributed by atoms with Gasteiger partial charge in [0.15, 0.2) is 0 Å². The van der Waals surface area contributed by atoms with Gasteiger partial charge in [-0.2, -0.15) is 16.1 Å². The topological polar surface area (TPSA) is 37.4 Å². The van der Waals surface area contributed by atoms with Crippen molar-refractivity contribution >= 4 is 44.7 Å². The summed E-state index contributed by atoms with van der Waals surface area (Å²) in [6.07, 6.45) is 1.97. The van der Waals surface area contributed by atoms with Crippen LogP contribution in [0.15, 0.2) is 10.3 Å². The molecule has 18 heavy (non-hydrogen) atoms. The Bertz CT molecular complexity index is 498. The Kier molecular flexibility index (Phi) is 5.99. The molecule has 0 bridgehead atoms. The van der Waals surface area contributed by atoms with E-state index >= 15 is 0 Å². The third-order valence-electron chi connectivity index (χ3n) is 2.78. The zero-order valence-electron chi connectivity index (χ0n) is 10.9. The minimum Gasteiger partial charge on any atom is -0.207 e. The minimum atomic E-state index is -3.44. The van der Waals surface area contributed by atoms with E-state index in [1.54, 1.807) is 18.8 Å². The maximum atomic E-state index is 12.6.